The zero-order valence-electron chi connectivity index (χ0n) is 11.3. The molecule has 3 nitrogen and oxygen atoms in total. The van der Waals surface area contributed by atoms with E-state index in [-0.39, 0.29) is 0 Å². The lowest BCUT2D eigenvalue weighted by molar-refractivity contribution is 0.298. The Balaban J connectivity index is 1.56. The van der Waals surface area contributed by atoms with Crippen LogP contribution in [0.25, 0.3) is 6.08 Å². The maximum Gasteiger partial charge on any atom is 0.138 e. The van der Waals surface area contributed by atoms with Crippen LogP contribution in [0.4, 0.5) is 0 Å². The number of hydrogen-bond donors (Lipinski definition) is 1. The van der Waals surface area contributed by atoms with Gasteiger partial charge in [-0.3, -0.25) is 4.98 Å². The van der Waals surface area contributed by atoms with Crippen molar-refractivity contribution in [3.05, 3.63) is 30.1 Å². The van der Waals surface area contributed by atoms with Crippen molar-refractivity contribution >= 4 is 6.08 Å². The van der Waals surface area contributed by atoms with Crippen LogP contribution < -0.4 is 10.1 Å². The van der Waals surface area contributed by atoms with E-state index in [0.717, 1.165) is 36.9 Å². The van der Waals surface area contributed by atoms with E-state index >= 15 is 0 Å². The van der Waals surface area contributed by atoms with Crippen molar-refractivity contribution in [2.24, 2.45) is 11.8 Å². The standard InChI is InChI=1S/C16H22N2O/c1-2-13(9-17-7-1)3-6-15-8-16(11-18-10-15)19-12-14-4-5-14/h3,6,8,10-11,13-14,17H,1-2,4-5,7,9,12H2/t13-/m0/s1. The van der Waals surface area contributed by atoms with E-state index in [2.05, 4.69) is 28.5 Å². The molecule has 0 aromatic carbocycles. The molecule has 0 radical (unpaired) electrons. The zero-order chi connectivity index (χ0) is 12.9. The third-order valence-electron chi connectivity index (χ3n) is 3.81. The number of hydrogen-bond acceptors (Lipinski definition) is 3. The van der Waals surface area contributed by atoms with Gasteiger partial charge in [0.1, 0.15) is 5.75 Å². The molecule has 3 rings (SSSR count). The third-order valence-corrected chi connectivity index (χ3v) is 3.81. The second-order valence-corrected chi connectivity index (χ2v) is 5.67. The first kappa shape index (κ1) is 12.7. The van der Waals surface area contributed by atoms with Crippen molar-refractivity contribution in [1.82, 2.24) is 10.3 Å². The van der Waals surface area contributed by atoms with Gasteiger partial charge in [0, 0.05) is 12.7 Å². The largest absolute Gasteiger partial charge is 0.492 e. The molecule has 3 heteroatoms. The van der Waals surface area contributed by atoms with Crippen LogP contribution in [0.1, 0.15) is 31.2 Å². The normalized spacial score (nSPS) is 23.7. The summed E-state index contributed by atoms with van der Waals surface area (Å²) >= 11 is 0. The quantitative estimate of drug-likeness (QED) is 0.882. The maximum atomic E-state index is 5.75. The summed E-state index contributed by atoms with van der Waals surface area (Å²) in [6.07, 6.45) is 13.4. The summed E-state index contributed by atoms with van der Waals surface area (Å²) in [6.45, 7) is 3.11. The predicted octanol–water partition coefficient (Wildman–Crippen LogP) is 2.88. The molecule has 2 fully saturated rings. The number of nitrogens with one attached hydrogen (secondary N) is 1. The molecule has 1 aromatic heterocycles. The molecule has 2 heterocycles. The fraction of sp³-hybridized carbons (Fsp3) is 0.562. The molecule has 2 aliphatic rings. The predicted molar refractivity (Wildman–Crippen MR) is 77.1 cm³/mol. The van der Waals surface area contributed by atoms with Gasteiger partial charge in [-0.1, -0.05) is 12.2 Å². The van der Waals surface area contributed by atoms with E-state index < -0.39 is 0 Å². The van der Waals surface area contributed by atoms with Gasteiger partial charge >= 0.3 is 0 Å². The highest BCUT2D eigenvalue weighted by atomic mass is 16.5. The van der Waals surface area contributed by atoms with Crippen molar-refractivity contribution in [3.8, 4) is 5.75 Å². The summed E-state index contributed by atoms with van der Waals surface area (Å²) in [5, 5.41) is 3.43. The number of aromatic nitrogens is 1. The van der Waals surface area contributed by atoms with Crippen molar-refractivity contribution in [3.63, 3.8) is 0 Å². The van der Waals surface area contributed by atoms with E-state index in [1.54, 1.807) is 0 Å². The number of pyridine rings is 1. The zero-order valence-corrected chi connectivity index (χ0v) is 11.3. The molecule has 19 heavy (non-hydrogen) atoms. The van der Waals surface area contributed by atoms with Gasteiger partial charge < -0.3 is 10.1 Å². The second kappa shape index (κ2) is 6.20. The molecule has 1 saturated carbocycles. The molecule has 0 spiro atoms. The summed E-state index contributed by atoms with van der Waals surface area (Å²) in [4.78, 5) is 4.25. The average Bonchev–Trinajstić information content (AvgIpc) is 3.29. The highest BCUT2D eigenvalue weighted by Crippen LogP contribution is 2.29. The van der Waals surface area contributed by atoms with Gasteiger partial charge in [-0.05, 0) is 55.7 Å². The van der Waals surface area contributed by atoms with E-state index in [1.807, 2.05) is 12.4 Å². The van der Waals surface area contributed by atoms with Crippen LogP contribution in [0.3, 0.4) is 0 Å². The van der Waals surface area contributed by atoms with Crippen LogP contribution in [0.2, 0.25) is 0 Å². The van der Waals surface area contributed by atoms with Crippen molar-refractivity contribution < 1.29 is 4.74 Å². The topological polar surface area (TPSA) is 34.2 Å². The summed E-state index contributed by atoms with van der Waals surface area (Å²) < 4.78 is 5.75. The van der Waals surface area contributed by atoms with Gasteiger partial charge in [0.05, 0.1) is 12.8 Å². The molecule has 0 unspecified atom stereocenters. The Morgan fingerprint density at radius 3 is 3.05 bits per heavy atom. The smallest absolute Gasteiger partial charge is 0.138 e. The number of rotatable bonds is 5. The summed E-state index contributed by atoms with van der Waals surface area (Å²) in [5.41, 5.74) is 1.14. The first-order valence-electron chi connectivity index (χ1n) is 7.37. The molecule has 0 bridgehead atoms. The highest BCUT2D eigenvalue weighted by molar-refractivity contribution is 5.50. The Kier molecular flexibility index (Phi) is 4.13. The summed E-state index contributed by atoms with van der Waals surface area (Å²) in [5.74, 6) is 2.34. The average molecular weight is 258 g/mol. The maximum absolute atomic E-state index is 5.75. The van der Waals surface area contributed by atoms with E-state index in [1.165, 1.54) is 25.7 Å². The van der Waals surface area contributed by atoms with E-state index in [4.69, 9.17) is 4.74 Å². The Morgan fingerprint density at radius 1 is 1.32 bits per heavy atom. The number of nitrogens with zero attached hydrogens (tertiary/aromatic N) is 1. The molecule has 1 aromatic rings. The summed E-state index contributed by atoms with van der Waals surface area (Å²) in [7, 11) is 0. The van der Waals surface area contributed by atoms with Gasteiger partial charge in [0.2, 0.25) is 0 Å². The molecule has 102 valence electrons. The Hall–Kier alpha value is -1.35. The molecule has 1 atom stereocenters. The summed E-state index contributed by atoms with van der Waals surface area (Å²) in [6, 6.07) is 2.09. The fourth-order valence-corrected chi connectivity index (χ4v) is 2.39. The molecular formula is C16H22N2O. The third kappa shape index (κ3) is 4.06. The van der Waals surface area contributed by atoms with Crippen LogP contribution in [0.15, 0.2) is 24.5 Å². The first-order chi connectivity index (χ1) is 9.40. The lowest BCUT2D eigenvalue weighted by atomic mass is 9.98. The first-order valence-corrected chi connectivity index (χ1v) is 7.37. The SMILES string of the molecule is C(=C[C@@H]1CCCNC1)c1cncc(OCC2CC2)c1. The minimum Gasteiger partial charge on any atom is -0.492 e. The van der Waals surface area contributed by atoms with Crippen LogP contribution in [0.5, 0.6) is 5.75 Å². The molecule has 1 saturated heterocycles. The van der Waals surface area contributed by atoms with Crippen LogP contribution in [-0.4, -0.2) is 24.7 Å². The number of piperidine rings is 1. The highest BCUT2D eigenvalue weighted by Gasteiger charge is 2.21. The fourth-order valence-electron chi connectivity index (χ4n) is 2.39. The minimum absolute atomic E-state index is 0.657. The van der Waals surface area contributed by atoms with E-state index in [0.29, 0.717) is 5.92 Å². The number of ether oxygens (including phenoxy) is 1. The monoisotopic (exact) mass is 258 g/mol. The second-order valence-electron chi connectivity index (χ2n) is 5.67. The van der Waals surface area contributed by atoms with Crippen molar-refractivity contribution in [2.45, 2.75) is 25.7 Å². The van der Waals surface area contributed by atoms with Gasteiger partial charge in [-0.15, -0.1) is 0 Å². The molecule has 1 N–H and O–H groups in total. The lowest BCUT2D eigenvalue weighted by Gasteiger charge is -2.19. The van der Waals surface area contributed by atoms with Crippen LogP contribution in [0, 0.1) is 11.8 Å². The van der Waals surface area contributed by atoms with Gasteiger partial charge in [-0.25, -0.2) is 0 Å². The molecule has 1 aliphatic heterocycles. The van der Waals surface area contributed by atoms with Gasteiger partial charge in [-0.2, -0.15) is 0 Å². The van der Waals surface area contributed by atoms with Crippen molar-refractivity contribution in [2.75, 3.05) is 19.7 Å². The van der Waals surface area contributed by atoms with Crippen LogP contribution >= 0.6 is 0 Å². The molecular weight excluding hydrogens is 236 g/mol. The van der Waals surface area contributed by atoms with Gasteiger partial charge in [0.25, 0.3) is 0 Å². The van der Waals surface area contributed by atoms with E-state index in [9.17, 15) is 0 Å². The van der Waals surface area contributed by atoms with Gasteiger partial charge in [0.15, 0.2) is 0 Å². The lowest BCUT2D eigenvalue weighted by Crippen LogP contribution is -2.28. The molecule has 0 amide bonds. The molecule has 1 aliphatic carbocycles. The Labute approximate surface area is 115 Å². The minimum atomic E-state index is 0.657. The van der Waals surface area contributed by atoms with Crippen LogP contribution in [-0.2, 0) is 0 Å². The van der Waals surface area contributed by atoms with Crippen molar-refractivity contribution in [1.29, 1.82) is 0 Å². The Bertz CT molecular complexity index is 434. The Morgan fingerprint density at radius 2 is 2.26 bits per heavy atom.